The maximum absolute atomic E-state index is 11.3. The second kappa shape index (κ2) is 5.88. The molecule has 1 atom stereocenters. The zero-order chi connectivity index (χ0) is 13.1. The van der Waals surface area contributed by atoms with Crippen molar-refractivity contribution in [2.45, 2.75) is 60.3 Å². The summed E-state index contributed by atoms with van der Waals surface area (Å²) in [7, 11) is 0. The van der Waals surface area contributed by atoms with Gasteiger partial charge in [-0.15, -0.1) is 0 Å². The quantitative estimate of drug-likeness (QED) is 0.683. The molecular formula is C15H29NO. The molecule has 1 heterocycles. The van der Waals surface area contributed by atoms with Gasteiger partial charge in [-0.3, -0.25) is 4.79 Å². The molecule has 1 saturated heterocycles. The Morgan fingerprint density at radius 3 is 2.00 bits per heavy atom. The number of hydrogen-bond acceptors (Lipinski definition) is 1. The summed E-state index contributed by atoms with van der Waals surface area (Å²) in [6, 6.07) is 0. The van der Waals surface area contributed by atoms with E-state index in [1.54, 1.807) is 6.92 Å². The van der Waals surface area contributed by atoms with E-state index in [0.717, 1.165) is 24.9 Å². The molecule has 17 heavy (non-hydrogen) atoms. The molecular weight excluding hydrogens is 210 g/mol. The van der Waals surface area contributed by atoms with Gasteiger partial charge in [0.05, 0.1) is 0 Å². The van der Waals surface area contributed by atoms with Crippen molar-refractivity contribution in [1.29, 1.82) is 0 Å². The van der Waals surface area contributed by atoms with Crippen LogP contribution in [0.25, 0.3) is 0 Å². The Bertz CT molecular complexity index is 252. The minimum Gasteiger partial charge on any atom is -0.343 e. The van der Waals surface area contributed by atoms with Gasteiger partial charge in [0.15, 0.2) is 0 Å². The molecule has 1 amide bonds. The Morgan fingerprint density at radius 1 is 1.18 bits per heavy atom. The van der Waals surface area contributed by atoms with E-state index in [-0.39, 0.29) is 5.91 Å². The summed E-state index contributed by atoms with van der Waals surface area (Å²) in [6.45, 7) is 12.4. The molecule has 1 unspecified atom stereocenters. The second-order valence-corrected chi connectivity index (χ2v) is 5.76. The number of amides is 1. The normalized spacial score (nSPS) is 26.2. The van der Waals surface area contributed by atoms with E-state index >= 15 is 0 Å². The lowest BCUT2D eigenvalue weighted by molar-refractivity contribution is -0.135. The highest BCUT2D eigenvalue weighted by Gasteiger charge is 2.49. The lowest BCUT2D eigenvalue weighted by Gasteiger charge is -2.55. The number of likely N-dealkylation sites (tertiary alicyclic amines) is 1. The number of piperidine rings is 1. The van der Waals surface area contributed by atoms with Crippen LogP contribution in [-0.4, -0.2) is 23.9 Å². The summed E-state index contributed by atoms with van der Waals surface area (Å²) in [6.07, 6.45) is 5.31. The highest BCUT2D eigenvalue weighted by atomic mass is 16.2. The molecule has 0 N–H and O–H groups in total. The SMILES string of the molecule is CC.CC(=O)N1CCC2(CCC2C(C)C)CC1. The van der Waals surface area contributed by atoms with E-state index in [0.29, 0.717) is 5.41 Å². The second-order valence-electron chi connectivity index (χ2n) is 5.76. The van der Waals surface area contributed by atoms with Gasteiger partial charge in [-0.2, -0.15) is 0 Å². The Labute approximate surface area is 107 Å². The summed E-state index contributed by atoms with van der Waals surface area (Å²) < 4.78 is 0. The molecule has 0 aromatic carbocycles. The van der Waals surface area contributed by atoms with Crippen molar-refractivity contribution in [3.8, 4) is 0 Å². The van der Waals surface area contributed by atoms with Gasteiger partial charge < -0.3 is 4.90 Å². The van der Waals surface area contributed by atoms with Gasteiger partial charge in [0, 0.05) is 20.0 Å². The molecule has 0 aromatic rings. The first-order valence-corrected chi connectivity index (χ1v) is 7.31. The summed E-state index contributed by atoms with van der Waals surface area (Å²) in [5.41, 5.74) is 0.611. The van der Waals surface area contributed by atoms with Crippen LogP contribution in [0.4, 0.5) is 0 Å². The van der Waals surface area contributed by atoms with Crippen LogP contribution in [-0.2, 0) is 4.79 Å². The predicted molar refractivity (Wildman–Crippen MR) is 72.8 cm³/mol. The third kappa shape index (κ3) is 2.83. The molecule has 2 aliphatic rings. The van der Waals surface area contributed by atoms with Crippen molar-refractivity contribution in [3.05, 3.63) is 0 Å². The first-order valence-electron chi connectivity index (χ1n) is 7.31. The molecule has 0 radical (unpaired) electrons. The number of hydrogen-bond donors (Lipinski definition) is 0. The third-order valence-electron chi connectivity index (χ3n) is 4.75. The minimum absolute atomic E-state index is 0.255. The van der Waals surface area contributed by atoms with Crippen LogP contribution in [0.2, 0.25) is 0 Å². The van der Waals surface area contributed by atoms with E-state index in [9.17, 15) is 4.79 Å². The Morgan fingerprint density at radius 2 is 1.71 bits per heavy atom. The molecule has 1 aliphatic heterocycles. The Balaban J connectivity index is 0.000000686. The molecule has 2 heteroatoms. The van der Waals surface area contributed by atoms with Crippen LogP contribution in [0.5, 0.6) is 0 Å². The number of rotatable bonds is 1. The lowest BCUT2D eigenvalue weighted by Crippen LogP contribution is -2.51. The maximum Gasteiger partial charge on any atom is 0.219 e. The van der Waals surface area contributed by atoms with Gasteiger partial charge in [-0.1, -0.05) is 27.7 Å². The average molecular weight is 239 g/mol. The van der Waals surface area contributed by atoms with E-state index in [1.165, 1.54) is 25.7 Å². The summed E-state index contributed by atoms with van der Waals surface area (Å²) in [5.74, 6) is 2.00. The fraction of sp³-hybridized carbons (Fsp3) is 0.933. The highest BCUT2D eigenvalue weighted by Crippen LogP contribution is 2.56. The first-order chi connectivity index (χ1) is 8.05. The fourth-order valence-electron chi connectivity index (χ4n) is 3.65. The fourth-order valence-corrected chi connectivity index (χ4v) is 3.65. The van der Waals surface area contributed by atoms with E-state index in [1.807, 2.05) is 18.7 Å². The molecule has 0 aromatic heterocycles. The van der Waals surface area contributed by atoms with Crippen LogP contribution < -0.4 is 0 Å². The molecule has 1 aliphatic carbocycles. The summed E-state index contributed by atoms with van der Waals surface area (Å²) in [4.78, 5) is 13.3. The smallest absolute Gasteiger partial charge is 0.219 e. The predicted octanol–water partition coefficient (Wildman–Crippen LogP) is 3.71. The zero-order valence-electron chi connectivity index (χ0n) is 12.3. The van der Waals surface area contributed by atoms with Gasteiger partial charge in [0.2, 0.25) is 5.91 Å². The topological polar surface area (TPSA) is 20.3 Å². The largest absolute Gasteiger partial charge is 0.343 e. The molecule has 2 rings (SSSR count). The van der Waals surface area contributed by atoms with Crippen LogP contribution in [0, 0.1) is 17.3 Å². The monoisotopic (exact) mass is 239 g/mol. The number of carbonyl (C=O) groups excluding carboxylic acids is 1. The van der Waals surface area contributed by atoms with Gasteiger partial charge in [-0.25, -0.2) is 0 Å². The summed E-state index contributed by atoms with van der Waals surface area (Å²) >= 11 is 0. The van der Waals surface area contributed by atoms with Crippen LogP contribution >= 0.6 is 0 Å². The van der Waals surface area contributed by atoms with Crippen molar-refractivity contribution >= 4 is 5.91 Å². The average Bonchev–Trinajstić information content (AvgIpc) is 2.29. The Hall–Kier alpha value is -0.530. The van der Waals surface area contributed by atoms with Crippen molar-refractivity contribution < 1.29 is 4.79 Å². The molecule has 1 spiro atoms. The molecule has 1 saturated carbocycles. The van der Waals surface area contributed by atoms with Crippen LogP contribution in [0.3, 0.4) is 0 Å². The van der Waals surface area contributed by atoms with Crippen molar-refractivity contribution in [2.75, 3.05) is 13.1 Å². The number of nitrogens with zero attached hydrogens (tertiary/aromatic N) is 1. The molecule has 2 nitrogen and oxygen atoms in total. The third-order valence-corrected chi connectivity index (χ3v) is 4.75. The van der Waals surface area contributed by atoms with Gasteiger partial charge >= 0.3 is 0 Å². The van der Waals surface area contributed by atoms with Crippen molar-refractivity contribution in [2.24, 2.45) is 17.3 Å². The molecule has 2 fully saturated rings. The van der Waals surface area contributed by atoms with Crippen molar-refractivity contribution in [1.82, 2.24) is 4.90 Å². The molecule has 100 valence electrons. The number of carbonyl (C=O) groups is 1. The zero-order valence-corrected chi connectivity index (χ0v) is 12.3. The first kappa shape index (κ1) is 14.5. The Kier molecular flexibility index (Phi) is 5.03. The van der Waals surface area contributed by atoms with E-state index in [2.05, 4.69) is 13.8 Å². The van der Waals surface area contributed by atoms with Gasteiger partial charge in [0.25, 0.3) is 0 Å². The maximum atomic E-state index is 11.3. The van der Waals surface area contributed by atoms with E-state index in [4.69, 9.17) is 0 Å². The molecule has 0 bridgehead atoms. The van der Waals surface area contributed by atoms with E-state index < -0.39 is 0 Å². The summed E-state index contributed by atoms with van der Waals surface area (Å²) in [5, 5.41) is 0. The minimum atomic E-state index is 0.255. The van der Waals surface area contributed by atoms with Crippen LogP contribution in [0.1, 0.15) is 60.3 Å². The van der Waals surface area contributed by atoms with Crippen molar-refractivity contribution in [3.63, 3.8) is 0 Å². The highest BCUT2D eigenvalue weighted by molar-refractivity contribution is 5.73. The standard InChI is InChI=1S/C13H23NO.C2H6/c1-10(2)12-4-5-13(12)6-8-14(9-7-13)11(3)15;1-2/h10,12H,4-9H2,1-3H3;1-2H3. The van der Waals surface area contributed by atoms with Gasteiger partial charge in [0.1, 0.15) is 0 Å². The van der Waals surface area contributed by atoms with Crippen LogP contribution in [0.15, 0.2) is 0 Å². The van der Waals surface area contributed by atoms with Gasteiger partial charge in [-0.05, 0) is 42.9 Å². The lowest BCUT2D eigenvalue weighted by atomic mass is 9.52.